The Morgan fingerprint density at radius 2 is 1.72 bits per heavy atom. The van der Waals surface area contributed by atoms with Crippen LogP contribution < -0.4 is 19.5 Å². The lowest BCUT2D eigenvalue weighted by Gasteiger charge is -2.27. The van der Waals surface area contributed by atoms with Gasteiger partial charge in [0.2, 0.25) is 5.91 Å². The van der Waals surface area contributed by atoms with Crippen molar-refractivity contribution in [2.45, 2.75) is 71.4 Å². The van der Waals surface area contributed by atoms with Gasteiger partial charge in [-0.15, -0.1) is 11.6 Å². The van der Waals surface area contributed by atoms with Gasteiger partial charge in [0.25, 0.3) is 5.91 Å². The zero-order chi connectivity index (χ0) is 33.3. The minimum absolute atomic E-state index is 0.0437. The van der Waals surface area contributed by atoms with Crippen molar-refractivity contribution < 1.29 is 42.8 Å². The van der Waals surface area contributed by atoms with Gasteiger partial charge < -0.3 is 44.0 Å². The highest BCUT2D eigenvalue weighted by Gasteiger charge is 2.30. The third kappa shape index (κ3) is 11.6. The number of rotatable bonds is 13. The molecule has 0 spiro atoms. The third-order valence-electron chi connectivity index (χ3n) is 7.25. The van der Waals surface area contributed by atoms with Crippen molar-refractivity contribution in [1.29, 1.82) is 5.41 Å². The van der Waals surface area contributed by atoms with Gasteiger partial charge in [-0.25, -0.2) is 4.79 Å². The lowest BCUT2D eigenvalue weighted by molar-refractivity contribution is -0.134. The second-order valence-corrected chi connectivity index (χ2v) is 11.1. The van der Waals surface area contributed by atoms with E-state index < -0.39 is 12.1 Å². The van der Waals surface area contributed by atoms with E-state index in [9.17, 15) is 14.4 Å². The molecule has 12 nitrogen and oxygen atoms in total. The normalized spacial score (nSPS) is 20.5. The molecular formula is C33H46ClN3O9. The number of nitrogens with one attached hydrogen (secondary N) is 2. The molecule has 0 bridgehead atoms. The van der Waals surface area contributed by atoms with Crippen LogP contribution in [0.25, 0.3) is 0 Å². The Bertz CT molecular complexity index is 1250. The van der Waals surface area contributed by atoms with Gasteiger partial charge in [-0.3, -0.25) is 9.59 Å². The van der Waals surface area contributed by atoms with Gasteiger partial charge in [0, 0.05) is 56.5 Å². The van der Waals surface area contributed by atoms with E-state index >= 15 is 0 Å². The number of fused-ring (bicyclic) bond motifs is 1. The fourth-order valence-electron chi connectivity index (χ4n) is 4.95. The molecule has 46 heavy (non-hydrogen) atoms. The number of nitrogens with zero attached hydrogens (tertiary/aromatic N) is 1. The standard InChI is InChI=1S/C33H46ClN3O9/c1-4-41-21-44-27-18-28(45-22-42-5-2)32(43-20-30(39)37-15-7-6-8-16-37)26-17-24(35)12-10-14-25(36-29(38)19-34)13-9-11-23(3)46-33(40)31(26)27/h9-10,12-13,18,23,25,35H,4-8,11,14-17,19-22H2,1-3H3,(H,36,38)/b12-10+,13-9+,35-24?/t23-,25-/m1/s1. The Hall–Kier alpha value is -3.61. The van der Waals surface area contributed by atoms with Crippen LogP contribution in [0.2, 0.25) is 0 Å². The first-order valence-corrected chi connectivity index (χ1v) is 16.3. The molecule has 0 radical (unpaired) electrons. The molecule has 2 aliphatic heterocycles. The number of carbonyl (C=O) groups excluding carboxylic acids is 3. The van der Waals surface area contributed by atoms with Gasteiger partial charge in [-0.05, 0) is 52.5 Å². The summed E-state index contributed by atoms with van der Waals surface area (Å²) in [5.74, 6) is -0.989. The third-order valence-corrected chi connectivity index (χ3v) is 7.50. The molecule has 0 unspecified atom stereocenters. The molecule has 1 saturated heterocycles. The first-order valence-electron chi connectivity index (χ1n) is 15.8. The van der Waals surface area contributed by atoms with Gasteiger partial charge in [-0.1, -0.05) is 18.2 Å². The number of alkyl halides is 1. The number of carbonyl (C=O) groups is 3. The number of esters is 1. The molecule has 0 aromatic heterocycles. The van der Waals surface area contributed by atoms with Gasteiger partial charge in [0.1, 0.15) is 23.3 Å². The smallest absolute Gasteiger partial charge is 0.342 e. The highest BCUT2D eigenvalue weighted by atomic mass is 35.5. The van der Waals surface area contributed by atoms with E-state index in [1.54, 1.807) is 24.0 Å². The summed E-state index contributed by atoms with van der Waals surface area (Å²) in [5.41, 5.74) is 0.427. The molecular weight excluding hydrogens is 618 g/mol. The molecule has 0 aliphatic carbocycles. The zero-order valence-electron chi connectivity index (χ0n) is 26.9. The van der Waals surface area contributed by atoms with Crippen LogP contribution in [0.4, 0.5) is 0 Å². The minimum Gasteiger partial charge on any atom is -0.480 e. The maximum absolute atomic E-state index is 13.9. The van der Waals surface area contributed by atoms with E-state index in [1.165, 1.54) is 6.07 Å². The number of hydrogen-bond donors (Lipinski definition) is 2. The summed E-state index contributed by atoms with van der Waals surface area (Å²) in [7, 11) is 0. The summed E-state index contributed by atoms with van der Waals surface area (Å²) >= 11 is 5.69. The summed E-state index contributed by atoms with van der Waals surface area (Å²) in [6.45, 7) is 6.89. The summed E-state index contributed by atoms with van der Waals surface area (Å²) in [6.07, 6.45) is 10.0. The molecule has 1 aromatic rings. The first kappa shape index (κ1) is 36.9. The lowest BCUT2D eigenvalue weighted by atomic mass is 9.97. The molecule has 254 valence electrons. The van der Waals surface area contributed by atoms with Gasteiger partial charge >= 0.3 is 5.97 Å². The number of halogens is 1. The molecule has 2 N–H and O–H groups in total. The van der Waals surface area contributed by atoms with E-state index in [2.05, 4.69) is 5.32 Å². The summed E-state index contributed by atoms with van der Waals surface area (Å²) in [5, 5.41) is 11.7. The van der Waals surface area contributed by atoms with Crippen LogP contribution in [0.1, 0.15) is 68.8 Å². The maximum Gasteiger partial charge on any atom is 0.342 e. The largest absolute Gasteiger partial charge is 0.480 e. The van der Waals surface area contributed by atoms with E-state index in [0.717, 1.165) is 19.3 Å². The molecule has 13 heteroatoms. The van der Waals surface area contributed by atoms with Gasteiger partial charge in [0.15, 0.2) is 31.7 Å². The number of allylic oxidation sites excluding steroid dienone is 1. The summed E-state index contributed by atoms with van der Waals surface area (Å²) in [6, 6.07) is 1.13. The molecule has 1 fully saturated rings. The van der Waals surface area contributed by atoms with Crippen LogP contribution >= 0.6 is 11.6 Å². The van der Waals surface area contributed by atoms with Crippen LogP contribution in [-0.4, -0.2) is 92.9 Å². The molecule has 1 aromatic carbocycles. The van der Waals surface area contributed by atoms with Crippen molar-refractivity contribution in [2.24, 2.45) is 0 Å². The second-order valence-electron chi connectivity index (χ2n) is 10.8. The lowest BCUT2D eigenvalue weighted by Crippen LogP contribution is -2.38. The fraction of sp³-hybridized carbons (Fsp3) is 0.576. The number of likely N-dealkylation sites (tertiary alicyclic amines) is 1. The Labute approximate surface area is 275 Å². The zero-order valence-corrected chi connectivity index (χ0v) is 27.7. The van der Waals surface area contributed by atoms with Crippen LogP contribution in [-0.2, 0) is 30.2 Å². The number of benzene rings is 1. The fourth-order valence-corrected chi connectivity index (χ4v) is 5.02. The SMILES string of the molecule is CCOCOc1cc(OCOCC)c2c(c1OCC(=O)N1CCCCC1)CC(=N)/C=C/C[C@H](NC(=O)CCl)/C=C/C[C@@H](C)OC2=O. The molecule has 2 amide bonds. The molecule has 2 atom stereocenters. The van der Waals surface area contributed by atoms with Crippen molar-refractivity contribution in [2.75, 3.05) is 52.4 Å². The van der Waals surface area contributed by atoms with Crippen LogP contribution in [0, 0.1) is 5.41 Å². The Morgan fingerprint density at radius 3 is 2.39 bits per heavy atom. The highest BCUT2D eigenvalue weighted by molar-refractivity contribution is 6.27. The van der Waals surface area contributed by atoms with E-state index in [4.69, 9.17) is 45.4 Å². The quantitative estimate of drug-likeness (QED) is 0.102. The van der Waals surface area contributed by atoms with E-state index in [-0.39, 0.29) is 84.4 Å². The Balaban J connectivity index is 2.10. The summed E-state index contributed by atoms with van der Waals surface area (Å²) in [4.78, 5) is 40.7. The molecule has 0 saturated carbocycles. The van der Waals surface area contributed by atoms with Crippen molar-refractivity contribution in [3.8, 4) is 17.2 Å². The molecule has 2 heterocycles. The number of amides is 2. The van der Waals surface area contributed by atoms with Crippen LogP contribution in [0.5, 0.6) is 17.2 Å². The second kappa shape index (κ2) is 19.8. The first-order chi connectivity index (χ1) is 22.3. The number of hydrogen-bond acceptors (Lipinski definition) is 10. The average Bonchev–Trinajstić information content (AvgIpc) is 3.04. The van der Waals surface area contributed by atoms with E-state index in [0.29, 0.717) is 39.1 Å². The predicted octanol–water partition coefficient (Wildman–Crippen LogP) is 4.56. The minimum atomic E-state index is -0.702. The topological polar surface area (TPSA) is 146 Å². The van der Waals surface area contributed by atoms with E-state index in [1.807, 2.05) is 26.0 Å². The maximum atomic E-state index is 13.9. The van der Waals surface area contributed by atoms with Gasteiger partial charge in [0.05, 0.1) is 6.04 Å². The molecule has 2 aliphatic rings. The summed E-state index contributed by atoms with van der Waals surface area (Å²) < 4.78 is 34.7. The average molecular weight is 664 g/mol. The monoisotopic (exact) mass is 663 g/mol. The number of ether oxygens (including phenoxy) is 6. The number of cyclic esters (lactones) is 1. The molecule has 3 rings (SSSR count). The Kier molecular flexibility index (Phi) is 15.9. The van der Waals surface area contributed by atoms with Crippen LogP contribution in [0.3, 0.4) is 0 Å². The Morgan fingerprint density at radius 1 is 1.02 bits per heavy atom. The number of piperidine rings is 1. The van der Waals surface area contributed by atoms with Crippen molar-refractivity contribution in [1.82, 2.24) is 10.2 Å². The van der Waals surface area contributed by atoms with Crippen molar-refractivity contribution in [3.05, 3.63) is 41.5 Å². The van der Waals surface area contributed by atoms with Crippen molar-refractivity contribution in [3.63, 3.8) is 0 Å². The van der Waals surface area contributed by atoms with Gasteiger partial charge in [-0.2, -0.15) is 0 Å². The van der Waals surface area contributed by atoms with Crippen LogP contribution in [0.15, 0.2) is 30.4 Å². The predicted molar refractivity (Wildman–Crippen MR) is 173 cm³/mol. The van der Waals surface area contributed by atoms with Crippen molar-refractivity contribution >= 4 is 35.1 Å². The highest BCUT2D eigenvalue weighted by Crippen LogP contribution is 2.41.